The van der Waals surface area contributed by atoms with E-state index in [0.29, 0.717) is 0 Å². The molecule has 0 spiro atoms. The third-order valence-corrected chi connectivity index (χ3v) is 3.52. The number of aromatic hydroxyl groups is 2. The van der Waals surface area contributed by atoms with Crippen LogP contribution in [0.5, 0.6) is 11.5 Å². The normalized spacial score (nSPS) is 16.4. The summed E-state index contributed by atoms with van der Waals surface area (Å²) < 4.78 is 0. The molecule has 0 aromatic heterocycles. The standard InChI is InChI=1S/C15H22N2O2.2ClH/c1-11(2)9-13(17-7-5-16-6-8-17)12-3-4-14(18)15(19)10-12;;/h3-4,10,13,16,18-19H,1,5-9H2,2H3;2*1H/t13-;;/m0../s1. The molecule has 1 saturated heterocycles. The van der Waals surface area contributed by atoms with Gasteiger partial charge in [0.2, 0.25) is 0 Å². The smallest absolute Gasteiger partial charge is 0.157 e. The molecule has 1 aliphatic heterocycles. The molecule has 4 nitrogen and oxygen atoms in total. The number of piperazine rings is 1. The van der Waals surface area contributed by atoms with Crippen LogP contribution in [0.15, 0.2) is 30.4 Å². The lowest BCUT2D eigenvalue weighted by molar-refractivity contribution is 0.172. The largest absolute Gasteiger partial charge is 0.504 e. The fourth-order valence-corrected chi connectivity index (χ4v) is 2.53. The summed E-state index contributed by atoms with van der Waals surface area (Å²) in [5, 5.41) is 22.4. The van der Waals surface area contributed by atoms with E-state index in [1.807, 2.05) is 13.0 Å². The number of hydrogen-bond donors (Lipinski definition) is 3. The Morgan fingerprint density at radius 3 is 2.38 bits per heavy atom. The highest BCUT2D eigenvalue weighted by molar-refractivity contribution is 5.85. The SMILES string of the molecule is C=C(C)C[C@@H](c1ccc(O)c(O)c1)N1CCNCC1.Cl.Cl. The summed E-state index contributed by atoms with van der Waals surface area (Å²) in [7, 11) is 0. The molecule has 1 aliphatic rings. The number of benzene rings is 1. The summed E-state index contributed by atoms with van der Waals surface area (Å²) >= 11 is 0. The minimum absolute atomic E-state index is 0. The van der Waals surface area contributed by atoms with Crippen molar-refractivity contribution in [2.75, 3.05) is 26.2 Å². The first-order valence-electron chi connectivity index (χ1n) is 6.69. The fraction of sp³-hybridized carbons (Fsp3) is 0.467. The monoisotopic (exact) mass is 334 g/mol. The summed E-state index contributed by atoms with van der Waals surface area (Å²) in [6, 6.07) is 5.31. The molecule has 120 valence electrons. The van der Waals surface area contributed by atoms with Crippen molar-refractivity contribution in [1.82, 2.24) is 10.2 Å². The quantitative estimate of drug-likeness (QED) is 0.585. The van der Waals surface area contributed by atoms with Crippen molar-refractivity contribution in [3.05, 3.63) is 35.9 Å². The van der Waals surface area contributed by atoms with Gasteiger partial charge >= 0.3 is 0 Å². The molecule has 1 heterocycles. The van der Waals surface area contributed by atoms with Gasteiger partial charge in [-0.3, -0.25) is 4.90 Å². The van der Waals surface area contributed by atoms with Gasteiger partial charge in [0.25, 0.3) is 0 Å². The van der Waals surface area contributed by atoms with Gasteiger partial charge in [-0.2, -0.15) is 0 Å². The molecule has 6 heteroatoms. The molecule has 1 aromatic rings. The second kappa shape index (κ2) is 9.15. The molecule has 3 N–H and O–H groups in total. The lowest BCUT2D eigenvalue weighted by Crippen LogP contribution is -2.45. The predicted octanol–water partition coefficient (Wildman–Crippen LogP) is 2.85. The van der Waals surface area contributed by atoms with E-state index in [1.54, 1.807) is 12.1 Å². The van der Waals surface area contributed by atoms with Crippen molar-refractivity contribution < 1.29 is 10.2 Å². The molecule has 1 aromatic carbocycles. The third kappa shape index (κ3) is 5.40. The zero-order valence-corrected chi connectivity index (χ0v) is 13.8. The lowest BCUT2D eigenvalue weighted by Gasteiger charge is -2.35. The Morgan fingerprint density at radius 2 is 1.86 bits per heavy atom. The third-order valence-electron chi connectivity index (χ3n) is 3.52. The molecule has 0 aliphatic carbocycles. The van der Waals surface area contributed by atoms with E-state index in [2.05, 4.69) is 16.8 Å². The zero-order valence-electron chi connectivity index (χ0n) is 12.2. The number of nitrogens with one attached hydrogen (secondary N) is 1. The van der Waals surface area contributed by atoms with E-state index in [0.717, 1.165) is 43.7 Å². The summed E-state index contributed by atoms with van der Waals surface area (Å²) in [6.07, 6.45) is 0.865. The maximum Gasteiger partial charge on any atom is 0.157 e. The predicted molar refractivity (Wildman–Crippen MR) is 90.9 cm³/mol. The summed E-state index contributed by atoms with van der Waals surface area (Å²) in [5.74, 6) is -0.127. The van der Waals surface area contributed by atoms with Crippen LogP contribution in [0.1, 0.15) is 24.9 Å². The molecular formula is C15H24Cl2N2O2. The van der Waals surface area contributed by atoms with Crippen molar-refractivity contribution in [1.29, 1.82) is 0 Å². The van der Waals surface area contributed by atoms with Crippen LogP contribution in [-0.2, 0) is 0 Å². The Hall–Kier alpha value is -0.940. The second-order valence-corrected chi connectivity index (χ2v) is 5.21. The molecule has 0 radical (unpaired) electrons. The zero-order chi connectivity index (χ0) is 13.8. The number of halogens is 2. The van der Waals surface area contributed by atoms with Crippen LogP contribution in [0.3, 0.4) is 0 Å². The van der Waals surface area contributed by atoms with Gasteiger partial charge in [-0.15, -0.1) is 31.4 Å². The van der Waals surface area contributed by atoms with Gasteiger partial charge in [-0.05, 0) is 31.0 Å². The van der Waals surface area contributed by atoms with Crippen molar-refractivity contribution in [2.24, 2.45) is 0 Å². The minimum Gasteiger partial charge on any atom is -0.504 e. The maximum absolute atomic E-state index is 9.68. The average Bonchev–Trinajstić information content (AvgIpc) is 2.40. The Labute approximate surface area is 138 Å². The first-order chi connectivity index (χ1) is 9.08. The number of phenols is 2. The van der Waals surface area contributed by atoms with Gasteiger partial charge in [0.05, 0.1) is 0 Å². The Bertz CT molecular complexity index is 463. The van der Waals surface area contributed by atoms with Crippen molar-refractivity contribution in [3.63, 3.8) is 0 Å². The minimum atomic E-state index is -0.0712. The summed E-state index contributed by atoms with van der Waals surface area (Å²) in [6.45, 7) is 9.96. The Kier molecular flexibility index (Phi) is 8.74. The Balaban J connectivity index is 0.00000200. The highest BCUT2D eigenvalue weighted by Crippen LogP contribution is 2.33. The van der Waals surface area contributed by atoms with Gasteiger partial charge in [0.1, 0.15) is 0 Å². The summed E-state index contributed by atoms with van der Waals surface area (Å²) in [5.41, 5.74) is 2.15. The molecule has 21 heavy (non-hydrogen) atoms. The average molecular weight is 335 g/mol. The fourth-order valence-electron chi connectivity index (χ4n) is 2.53. The molecule has 0 unspecified atom stereocenters. The topological polar surface area (TPSA) is 55.7 Å². The number of phenolic OH excluding ortho intramolecular Hbond substituents is 2. The van der Waals surface area contributed by atoms with E-state index in [-0.39, 0.29) is 42.4 Å². The molecule has 2 rings (SSSR count). The van der Waals surface area contributed by atoms with Crippen LogP contribution < -0.4 is 5.32 Å². The molecule has 1 fully saturated rings. The van der Waals surface area contributed by atoms with Crippen LogP contribution in [0.4, 0.5) is 0 Å². The van der Waals surface area contributed by atoms with Crippen molar-refractivity contribution in [3.8, 4) is 11.5 Å². The van der Waals surface area contributed by atoms with E-state index >= 15 is 0 Å². The van der Waals surface area contributed by atoms with Crippen LogP contribution in [0.2, 0.25) is 0 Å². The van der Waals surface area contributed by atoms with Gasteiger partial charge < -0.3 is 15.5 Å². The van der Waals surface area contributed by atoms with Crippen LogP contribution in [0, 0.1) is 0 Å². The number of nitrogens with zero attached hydrogens (tertiary/aromatic N) is 1. The lowest BCUT2D eigenvalue weighted by atomic mass is 9.97. The van der Waals surface area contributed by atoms with Crippen LogP contribution in [-0.4, -0.2) is 41.3 Å². The van der Waals surface area contributed by atoms with Crippen molar-refractivity contribution in [2.45, 2.75) is 19.4 Å². The van der Waals surface area contributed by atoms with E-state index in [1.165, 1.54) is 0 Å². The van der Waals surface area contributed by atoms with Gasteiger partial charge in [-0.25, -0.2) is 0 Å². The highest BCUT2D eigenvalue weighted by Gasteiger charge is 2.22. The first-order valence-corrected chi connectivity index (χ1v) is 6.69. The van der Waals surface area contributed by atoms with Gasteiger partial charge in [-0.1, -0.05) is 11.6 Å². The molecule has 0 saturated carbocycles. The highest BCUT2D eigenvalue weighted by atomic mass is 35.5. The number of hydrogen-bond acceptors (Lipinski definition) is 4. The number of rotatable bonds is 4. The second-order valence-electron chi connectivity index (χ2n) is 5.21. The first kappa shape index (κ1) is 20.1. The summed E-state index contributed by atoms with van der Waals surface area (Å²) in [4.78, 5) is 2.40. The molecule has 1 atom stereocenters. The Morgan fingerprint density at radius 1 is 1.24 bits per heavy atom. The van der Waals surface area contributed by atoms with Gasteiger partial charge in [0.15, 0.2) is 11.5 Å². The van der Waals surface area contributed by atoms with Crippen LogP contribution >= 0.6 is 24.8 Å². The van der Waals surface area contributed by atoms with Gasteiger partial charge in [0, 0.05) is 32.2 Å². The van der Waals surface area contributed by atoms with E-state index in [4.69, 9.17) is 0 Å². The van der Waals surface area contributed by atoms with E-state index < -0.39 is 0 Å². The van der Waals surface area contributed by atoms with E-state index in [9.17, 15) is 10.2 Å². The van der Waals surface area contributed by atoms with Crippen molar-refractivity contribution >= 4 is 24.8 Å². The van der Waals surface area contributed by atoms with Crippen LogP contribution in [0.25, 0.3) is 0 Å². The molecule has 0 amide bonds. The molecule has 0 bridgehead atoms. The maximum atomic E-state index is 9.68. The molecular weight excluding hydrogens is 311 g/mol.